The molecule has 0 saturated carbocycles. The van der Waals surface area contributed by atoms with E-state index in [-0.39, 0.29) is 18.6 Å². The Morgan fingerprint density at radius 3 is 2.42 bits per heavy atom. The molecule has 0 aromatic rings. The minimum atomic E-state index is -2.35. The number of alkyl halides is 2. The molecule has 0 fully saturated rings. The molecule has 0 radical (unpaired) electrons. The van der Waals surface area contributed by atoms with Crippen LogP contribution in [0.4, 0.5) is 8.78 Å². The molecule has 0 aromatic heterocycles. The van der Waals surface area contributed by atoms with E-state index in [1.54, 1.807) is 4.90 Å². The van der Waals surface area contributed by atoms with Crippen molar-refractivity contribution in [3.05, 3.63) is 0 Å². The summed E-state index contributed by atoms with van der Waals surface area (Å²) in [5, 5.41) is 12.4. The highest BCUT2D eigenvalue weighted by molar-refractivity contribution is 4.81. The van der Waals surface area contributed by atoms with Crippen LogP contribution >= 0.6 is 0 Å². The van der Waals surface area contributed by atoms with Crippen molar-refractivity contribution in [2.45, 2.75) is 46.5 Å². The third kappa shape index (κ3) is 9.30. The van der Waals surface area contributed by atoms with E-state index in [0.29, 0.717) is 13.1 Å². The van der Waals surface area contributed by atoms with Gasteiger partial charge in [-0.2, -0.15) is 0 Å². The summed E-state index contributed by atoms with van der Waals surface area (Å²) in [5.41, 5.74) is -0.0199. The van der Waals surface area contributed by atoms with E-state index in [1.807, 2.05) is 0 Å². The summed E-state index contributed by atoms with van der Waals surface area (Å²) in [6.07, 6.45) is 0.751. The van der Waals surface area contributed by atoms with Gasteiger partial charge in [0, 0.05) is 19.6 Å². The molecule has 116 valence electrons. The fourth-order valence-corrected chi connectivity index (χ4v) is 2.51. The molecule has 0 aromatic carbocycles. The molecule has 1 unspecified atom stereocenters. The van der Waals surface area contributed by atoms with E-state index in [1.165, 1.54) is 0 Å². The molecule has 19 heavy (non-hydrogen) atoms. The molecule has 0 heterocycles. The molecule has 0 rings (SSSR count). The van der Waals surface area contributed by atoms with Gasteiger partial charge >= 0.3 is 0 Å². The van der Waals surface area contributed by atoms with Gasteiger partial charge in [0.25, 0.3) is 6.43 Å². The summed E-state index contributed by atoms with van der Waals surface area (Å²) in [6, 6.07) is 0. The van der Waals surface area contributed by atoms with Gasteiger partial charge in [0.05, 0.1) is 13.2 Å². The van der Waals surface area contributed by atoms with Crippen molar-refractivity contribution in [3.63, 3.8) is 0 Å². The molecule has 0 spiro atoms. The molecular formula is C14H30F2N2O. The minimum absolute atomic E-state index is 0.0199. The van der Waals surface area contributed by atoms with Gasteiger partial charge in [0.15, 0.2) is 0 Å². The maximum Gasteiger partial charge on any atom is 0.251 e. The smallest absolute Gasteiger partial charge is 0.251 e. The molecular weight excluding hydrogens is 250 g/mol. The molecule has 0 amide bonds. The Morgan fingerprint density at radius 1 is 1.26 bits per heavy atom. The number of rotatable bonds is 12. The van der Waals surface area contributed by atoms with Gasteiger partial charge in [-0.1, -0.05) is 27.2 Å². The van der Waals surface area contributed by atoms with Crippen LogP contribution in [0.1, 0.15) is 40.0 Å². The normalized spacial score (nSPS) is 15.2. The van der Waals surface area contributed by atoms with Crippen molar-refractivity contribution in [2.24, 2.45) is 5.41 Å². The lowest BCUT2D eigenvalue weighted by molar-refractivity contribution is 0.0519. The summed E-state index contributed by atoms with van der Waals surface area (Å²) in [7, 11) is 0. The van der Waals surface area contributed by atoms with E-state index >= 15 is 0 Å². The van der Waals surface area contributed by atoms with Crippen molar-refractivity contribution in [3.8, 4) is 0 Å². The number of hydrogen-bond acceptors (Lipinski definition) is 3. The predicted octanol–water partition coefficient (Wildman–Crippen LogP) is 2.35. The zero-order valence-electron chi connectivity index (χ0n) is 12.6. The number of aliphatic hydroxyl groups is 1. The number of hydrogen-bond donors (Lipinski definition) is 2. The van der Waals surface area contributed by atoms with Gasteiger partial charge < -0.3 is 10.4 Å². The van der Waals surface area contributed by atoms with Crippen LogP contribution in [-0.4, -0.2) is 55.8 Å². The van der Waals surface area contributed by atoms with Gasteiger partial charge in [-0.25, -0.2) is 8.78 Å². The lowest BCUT2D eigenvalue weighted by Gasteiger charge is -2.35. The van der Waals surface area contributed by atoms with Gasteiger partial charge in [-0.05, 0) is 24.8 Å². The first-order chi connectivity index (χ1) is 8.97. The number of halogens is 2. The fourth-order valence-electron chi connectivity index (χ4n) is 2.51. The highest BCUT2D eigenvalue weighted by Crippen LogP contribution is 2.24. The summed E-state index contributed by atoms with van der Waals surface area (Å²) < 4.78 is 25.1. The lowest BCUT2D eigenvalue weighted by Crippen LogP contribution is -2.45. The maximum atomic E-state index is 12.5. The topological polar surface area (TPSA) is 35.5 Å². The second-order valence-corrected chi connectivity index (χ2v) is 5.59. The van der Waals surface area contributed by atoms with Gasteiger partial charge in [0.2, 0.25) is 0 Å². The van der Waals surface area contributed by atoms with Crippen LogP contribution in [0.2, 0.25) is 0 Å². The zero-order chi connectivity index (χ0) is 14.7. The Kier molecular flexibility index (Phi) is 10.4. The summed E-state index contributed by atoms with van der Waals surface area (Å²) in [4.78, 5) is 1.67. The van der Waals surface area contributed by atoms with Crippen molar-refractivity contribution in [2.75, 3.05) is 39.3 Å². The second-order valence-electron chi connectivity index (χ2n) is 5.59. The van der Waals surface area contributed by atoms with E-state index in [2.05, 4.69) is 26.1 Å². The molecule has 0 bridgehead atoms. The summed E-state index contributed by atoms with van der Waals surface area (Å²) in [6.45, 7) is 8.73. The zero-order valence-corrected chi connectivity index (χ0v) is 12.6. The Balaban J connectivity index is 4.46. The van der Waals surface area contributed by atoms with Crippen molar-refractivity contribution in [1.29, 1.82) is 0 Å². The Hall–Kier alpha value is -0.260. The van der Waals surface area contributed by atoms with Crippen LogP contribution in [0, 0.1) is 5.41 Å². The monoisotopic (exact) mass is 280 g/mol. The lowest BCUT2D eigenvalue weighted by atomic mass is 9.84. The second kappa shape index (κ2) is 10.5. The molecule has 2 N–H and O–H groups in total. The molecule has 0 aliphatic carbocycles. The molecule has 3 nitrogen and oxygen atoms in total. The molecule has 0 saturated heterocycles. The Bertz CT molecular complexity index is 218. The van der Waals surface area contributed by atoms with Crippen molar-refractivity contribution >= 4 is 0 Å². The van der Waals surface area contributed by atoms with Crippen molar-refractivity contribution < 1.29 is 13.9 Å². The Labute approximate surface area is 116 Å². The number of aliphatic hydroxyl groups excluding tert-OH is 1. The molecule has 5 heteroatoms. The van der Waals surface area contributed by atoms with E-state index in [9.17, 15) is 8.78 Å². The first-order valence-corrected chi connectivity index (χ1v) is 7.29. The standard InChI is InChI=1S/C14H30F2N2O/c1-4-6-14(3,11-17-7-5-2)12-18(8-9-19)10-13(15)16/h13,17,19H,4-12H2,1-3H3. The van der Waals surface area contributed by atoms with Crippen LogP contribution in [0.25, 0.3) is 0 Å². The number of nitrogens with one attached hydrogen (secondary N) is 1. The fraction of sp³-hybridized carbons (Fsp3) is 1.00. The van der Waals surface area contributed by atoms with E-state index in [4.69, 9.17) is 5.11 Å². The molecule has 0 aliphatic heterocycles. The van der Waals surface area contributed by atoms with Crippen LogP contribution in [-0.2, 0) is 0 Å². The van der Waals surface area contributed by atoms with Gasteiger partial charge in [-0.3, -0.25) is 4.90 Å². The predicted molar refractivity (Wildman–Crippen MR) is 75.7 cm³/mol. The first-order valence-electron chi connectivity index (χ1n) is 7.29. The van der Waals surface area contributed by atoms with Crippen LogP contribution in [0.5, 0.6) is 0 Å². The highest BCUT2D eigenvalue weighted by Gasteiger charge is 2.27. The van der Waals surface area contributed by atoms with E-state index < -0.39 is 6.43 Å². The third-order valence-corrected chi connectivity index (χ3v) is 3.25. The van der Waals surface area contributed by atoms with Crippen LogP contribution in [0.3, 0.4) is 0 Å². The van der Waals surface area contributed by atoms with Crippen LogP contribution < -0.4 is 5.32 Å². The highest BCUT2D eigenvalue weighted by atomic mass is 19.3. The van der Waals surface area contributed by atoms with E-state index in [0.717, 1.165) is 32.4 Å². The maximum absolute atomic E-state index is 12.5. The van der Waals surface area contributed by atoms with Crippen LogP contribution in [0.15, 0.2) is 0 Å². The number of nitrogens with zero attached hydrogens (tertiary/aromatic N) is 1. The third-order valence-electron chi connectivity index (χ3n) is 3.25. The summed E-state index contributed by atoms with van der Waals surface area (Å²) in [5.74, 6) is 0. The van der Waals surface area contributed by atoms with Gasteiger partial charge in [-0.15, -0.1) is 0 Å². The van der Waals surface area contributed by atoms with Gasteiger partial charge in [0.1, 0.15) is 0 Å². The Morgan fingerprint density at radius 2 is 1.95 bits per heavy atom. The largest absolute Gasteiger partial charge is 0.395 e. The quantitative estimate of drug-likeness (QED) is 0.539. The first kappa shape index (κ1) is 18.7. The van der Waals surface area contributed by atoms with Crippen molar-refractivity contribution in [1.82, 2.24) is 10.2 Å². The SMILES string of the molecule is CCCNCC(C)(CCC)CN(CCO)CC(F)F. The summed E-state index contributed by atoms with van der Waals surface area (Å²) >= 11 is 0. The minimum Gasteiger partial charge on any atom is -0.395 e. The average Bonchev–Trinajstić information content (AvgIpc) is 2.28. The molecule has 1 atom stereocenters. The molecule has 0 aliphatic rings. The average molecular weight is 280 g/mol.